The molecule has 1 fully saturated rings. The third kappa shape index (κ3) is 3.24. The lowest BCUT2D eigenvalue weighted by Crippen LogP contribution is -2.53. The number of rotatable bonds is 2. The number of nitrogens with one attached hydrogen (secondary N) is 1. The molecule has 0 saturated heterocycles. The number of carbonyl (C=O) groups excluding carboxylic acids is 2. The number of hydrogen-bond donors (Lipinski definition) is 2. The molecule has 8 heteroatoms. The summed E-state index contributed by atoms with van der Waals surface area (Å²) < 4.78 is 1.92. The first-order chi connectivity index (χ1) is 13.1. The highest BCUT2D eigenvalue weighted by Crippen LogP contribution is 2.48. The predicted molar refractivity (Wildman–Crippen MR) is 107 cm³/mol. The van der Waals surface area contributed by atoms with Crippen molar-refractivity contribution in [1.29, 1.82) is 0 Å². The van der Waals surface area contributed by atoms with E-state index in [1.54, 1.807) is 17.0 Å². The largest absolute Gasteiger partial charge is 0.365 e. The van der Waals surface area contributed by atoms with Crippen LogP contribution in [0, 0.1) is 0 Å². The smallest absolute Gasteiger partial charge is 0.318 e. The second kappa shape index (κ2) is 6.24. The van der Waals surface area contributed by atoms with E-state index in [1.165, 1.54) is 0 Å². The van der Waals surface area contributed by atoms with E-state index < -0.39 is 5.91 Å². The average Bonchev–Trinajstić information content (AvgIpc) is 3.22. The summed E-state index contributed by atoms with van der Waals surface area (Å²) in [6.45, 7) is 6.68. The molecule has 0 unspecified atom stereocenters. The molecule has 1 saturated carbocycles. The molecule has 4 rings (SSSR count). The van der Waals surface area contributed by atoms with Crippen molar-refractivity contribution in [1.82, 2.24) is 20.0 Å². The number of nitrogens with zero attached hydrogens (tertiary/aromatic N) is 3. The average molecular weight is 402 g/mol. The van der Waals surface area contributed by atoms with Crippen molar-refractivity contribution in [2.45, 2.75) is 51.2 Å². The summed E-state index contributed by atoms with van der Waals surface area (Å²) in [5.74, 6) is -0.551. The Hall–Kier alpha value is -2.54. The van der Waals surface area contributed by atoms with Crippen LogP contribution in [0.2, 0.25) is 5.02 Å². The quantitative estimate of drug-likeness (QED) is 0.809. The minimum atomic E-state index is -0.551. The van der Waals surface area contributed by atoms with Crippen molar-refractivity contribution < 1.29 is 9.59 Å². The fourth-order valence-electron chi connectivity index (χ4n) is 3.80. The fourth-order valence-corrected chi connectivity index (χ4v) is 3.99. The number of benzene rings is 1. The fraction of sp³-hybridized carbons (Fsp3) is 0.450. The Balaban J connectivity index is 1.79. The van der Waals surface area contributed by atoms with Crippen molar-refractivity contribution in [2.75, 3.05) is 6.54 Å². The van der Waals surface area contributed by atoms with Crippen LogP contribution in [0.5, 0.6) is 0 Å². The van der Waals surface area contributed by atoms with Gasteiger partial charge in [-0.1, -0.05) is 23.7 Å². The number of nitrogens with two attached hydrogens (primary N) is 1. The van der Waals surface area contributed by atoms with E-state index in [9.17, 15) is 9.59 Å². The van der Waals surface area contributed by atoms with Crippen LogP contribution >= 0.6 is 11.6 Å². The van der Waals surface area contributed by atoms with Crippen LogP contribution < -0.4 is 11.1 Å². The van der Waals surface area contributed by atoms with E-state index in [0.717, 1.165) is 18.4 Å². The van der Waals surface area contributed by atoms with Crippen molar-refractivity contribution in [3.8, 4) is 11.3 Å². The summed E-state index contributed by atoms with van der Waals surface area (Å²) in [5, 5.41) is 8.33. The van der Waals surface area contributed by atoms with Gasteiger partial charge in [-0.05, 0) is 45.7 Å². The normalized spacial score (nSPS) is 17.4. The SMILES string of the molecule is CC(C)(C)NC(=O)N1Cc2c(C(N)=O)c(-c3cccc(Cl)c3)nn2C2(CC2)C1. The molecule has 0 bridgehead atoms. The van der Waals surface area contributed by atoms with Gasteiger partial charge < -0.3 is 16.0 Å². The maximum atomic E-state index is 12.8. The number of amides is 3. The molecule has 1 aromatic heterocycles. The molecular formula is C20H24ClN5O2. The predicted octanol–water partition coefficient (Wildman–Crippen LogP) is 3.12. The molecule has 2 aliphatic rings. The summed E-state index contributed by atoms with van der Waals surface area (Å²) in [6.07, 6.45) is 1.82. The van der Waals surface area contributed by atoms with Gasteiger partial charge in [0.05, 0.1) is 23.3 Å². The highest BCUT2D eigenvalue weighted by molar-refractivity contribution is 6.30. The molecule has 28 heavy (non-hydrogen) atoms. The van der Waals surface area contributed by atoms with E-state index in [0.29, 0.717) is 28.5 Å². The number of fused-ring (bicyclic) bond motifs is 2. The van der Waals surface area contributed by atoms with Crippen LogP contribution in [-0.2, 0) is 12.1 Å². The third-order valence-electron chi connectivity index (χ3n) is 5.20. The molecule has 1 aliphatic heterocycles. The van der Waals surface area contributed by atoms with Gasteiger partial charge in [-0.2, -0.15) is 5.10 Å². The Morgan fingerprint density at radius 2 is 2.00 bits per heavy atom. The topological polar surface area (TPSA) is 93.2 Å². The molecule has 3 amide bonds. The number of halogens is 1. The molecule has 0 atom stereocenters. The Kier molecular flexibility index (Phi) is 4.19. The maximum Gasteiger partial charge on any atom is 0.318 e. The number of carbonyl (C=O) groups is 2. The van der Waals surface area contributed by atoms with Crippen LogP contribution in [0.1, 0.15) is 49.7 Å². The summed E-state index contributed by atoms with van der Waals surface area (Å²) in [7, 11) is 0. The first-order valence-electron chi connectivity index (χ1n) is 9.35. The second-order valence-electron chi connectivity index (χ2n) is 8.72. The zero-order valence-corrected chi connectivity index (χ0v) is 17.0. The third-order valence-corrected chi connectivity index (χ3v) is 5.43. The van der Waals surface area contributed by atoms with Crippen LogP contribution in [0.4, 0.5) is 4.79 Å². The summed E-state index contributed by atoms with van der Waals surface area (Å²) in [5.41, 5.74) is 7.46. The van der Waals surface area contributed by atoms with Crippen molar-refractivity contribution in [2.24, 2.45) is 5.73 Å². The summed E-state index contributed by atoms with van der Waals surface area (Å²) in [6, 6.07) is 7.07. The lowest BCUT2D eigenvalue weighted by molar-refractivity contribution is 0.0995. The van der Waals surface area contributed by atoms with Gasteiger partial charge in [-0.15, -0.1) is 0 Å². The Bertz CT molecular complexity index is 971. The molecule has 0 radical (unpaired) electrons. The lowest BCUT2D eigenvalue weighted by Gasteiger charge is -2.36. The van der Waals surface area contributed by atoms with E-state index >= 15 is 0 Å². The number of aromatic nitrogens is 2. The molecule has 148 valence electrons. The molecule has 1 spiro atoms. The molecule has 2 heterocycles. The first-order valence-corrected chi connectivity index (χ1v) is 9.73. The van der Waals surface area contributed by atoms with Crippen molar-refractivity contribution >= 4 is 23.5 Å². The first kappa shape index (κ1) is 18.8. The zero-order chi connectivity index (χ0) is 20.3. The second-order valence-corrected chi connectivity index (χ2v) is 9.15. The van der Waals surface area contributed by atoms with Gasteiger partial charge in [0.1, 0.15) is 5.69 Å². The minimum absolute atomic E-state index is 0.147. The Morgan fingerprint density at radius 3 is 2.57 bits per heavy atom. The monoisotopic (exact) mass is 401 g/mol. The van der Waals surface area contributed by atoms with Crippen molar-refractivity contribution in [3.05, 3.63) is 40.5 Å². The van der Waals surface area contributed by atoms with Gasteiger partial charge in [0.25, 0.3) is 5.91 Å². The molecule has 1 aromatic carbocycles. The summed E-state index contributed by atoms with van der Waals surface area (Å²) >= 11 is 6.14. The summed E-state index contributed by atoms with van der Waals surface area (Å²) in [4.78, 5) is 26.9. The minimum Gasteiger partial charge on any atom is -0.365 e. The van der Waals surface area contributed by atoms with Crippen molar-refractivity contribution in [3.63, 3.8) is 0 Å². The standard InChI is InChI=1S/C20H24ClN5O2/c1-19(2,3)23-18(28)25-10-14-15(17(22)27)16(12-5-4-6-13(21)9-12)24-26(14)20(11-25)7-8-20/h4-6,9H,7-8,10-11H2,1-3H3,(H2,22,27)(H,23,28). The van der Waals surface area contributed by atoms with Crippen LogP contribution in [-0.4, -0.2) is 38.7 Å². The highest BCUT2D eigenvalue weighted by atomic mass is 35.5. The van der Waals surface area contributed by atoms with Crippen LogP contribution in [0.3, 0.4) is 0 Å². The molecule has 7 nitrogen and oxygen atoms in total. The number of hydrogen-bond acceptors (Lipinski definition) is 3. The molecular weight excluding hydrogens is 378 g/mol. The van der Waals surface area contributed by atoms with E-state index in [4.69, 9.17) is 22.4 Å². The van der Waals surface area contributed by atoms with Gasteiger partial charge in [0, 0.05) is 22.7 Å². The van der Waals surface area contributed by atoms with Crippen LogP contribution in [0.15, 0.2) is 24.3 Å². The van der Waals surface area contributed by atoms with Gasteiger partial charge in [-0.25, -0.2) is 4.79 Å². The lowest BCUT2D eigenvalue weighted by atomic mass is 10.0. The van der Waals surface area contributed by atoms with Gasteiger partial charge >= 0.3 is 6.03 Å². The van der Waals surface area contributed by atoms with E-state index in [1.807, 2.05) is 37.6 Å². The number of primary amides is 1. The van der Waals surface area contributed by atoms with E-state index in [-0.39, 0.29) is 23.7 Å². The molecule has 3 N–H and O–H groups in total. The molecule has 1 aliphatic carbocycles. The van der Waals surface area contributed by atoms with Gasteiger partial charge in [-0.3, -0.25) is 9.48 Å². The maximum absolute atomic E-state index is 12.8. The van der Waals surface area contributed by atoms with Gasteiger partial charge in [0.2, 0.25) is 0 Å². The Morgan fingerprint density at radius 1 is 1.29 bits per heavy atom. The Labute approximate surface area is 168 Å². The number of urea groups is 1. The van der Waals surface area contributed by atoms with Gasteiger partial charge in [0.15, 0.2) is 0 Å². The molecule has 2 aromatic rings. The van der Waals surface area contributed by atoms with Crippen LogP contribution in [0.25, 0.3) is 11.3 Å². The highest BCUT2D eigenvalue weighted by Gasteiger charge is 2.52. The van der Waals surface area contributed by atoms with E-state index in [2.05, 4.69) is 5.32 Å². The zero-order valence-electron chi connectivity index (χ0n) is 16.3.